The number of anilines is 1. The van der Waals surface area contributed by atoms with Gasteiger partial charge < -0.3 is 9.47 Å². The molecule has 1 amide bonds. The molecule has 1 saturated heterocycles. The molecule has 2 aromatic rings. The van der Waals surface area contributed by atoms with E-state index in [4.69, 9.17) is 21.7 Å². The molecule has 0 atom stereocenters. The monoisotopic (exact) mass is 433 g/mol. The van der Waals surface area contributed by atoms with Crippen molar-refractivity contribution in [1.29, 1.82) is 0 Å². The first-order valence-corrected chi connectivity index (χ1v) is 9.48. The summed E-state index contributed by atoms with van der Waals surface area (Å²) in [6, 6.07) is 11.4. The maximum atomic E-state index is 12.9. The molecule has 0 spiro atoms. The minimum absolute atomic E-state index is 0.120. The Morgan fingerprint density at radius 2 is 2.00 bits per heavy atom. The summed E-state index contributed by atoms with van der Waals surface area (Å²) in [6.07, 6.45) is 1.82. The number of aryl methyl sites for hydroxylation is 1. The summed E-state index contributed by atoms with van der Waals surface area (Å²) < 4.78 is 12.1. The Labute approximate surface area is 162 Å². The van der Waals surface area contributed by atoms with Gasteiger partial charge in [-0.2, -0.15) is 0 Å². The molecule has 7 heteroatoms. The summed E-state index contributed by atoms with van der Waals surface area (Å²) >= 11 is 10.2. The van der Waals surface area contributed by atoms with Crippen molar-refractivity contribution in [3.63, 3.8) is 0 Å². The first kappa shape index (κ1) is 16.6. The number of rotatable bonds is 2. The number of hydrogen-bond acceptors (Lipinski definition) is 5. The van der Waals surface area contributed by atoms with Crippen LogP contribution in [-0.2, 0) is 4.79 Å². The van der Waals surface area contributed by atoms with Gasteiger partial charge in [-0.1, -0.05) is 52.0 Å². The molecule has 0 N–H and O–H groups in total. The number of hydrogen-bond donors (Lipinski definition) is 0. The number of thiocarbonyl (C=S) groups is 1. The van der Waals surface area contributed by atoms with Crippen LogP contribution in [0.5, 0.6) is 11.5 Å². The van der Waals surface area contributed by atoms with E-state index >= 15 is 0 Å². The Balaban J connectivity index is 1.69. The molecule has 2 aliphatic heterocycles. The average molecular weight is 434 g/mol. The lowest BCUT2D eigenvalue weighted by Gasteiger charge is -2.14. The number of carbonyl (C=O) groups is 1. The summed E-state index contributed by atoms with van der Waals surface area (Å²) in [7, 11) is 0. The molecule has 4 rings (SSSR count). The van der Waals surface area contributed by atoms with Gasteiger partial charge in [-0.15, -0.1) is 0 Å². The van der Waals surface area contributed by atoms with Crippen molar-refractivity contribution >= 4 is 61.9 Å². The maximum Gasteiger partial charge on any atom is 0.270 e. The largest absolute Gasteiger partial charge is 0.454 e. The molecule has 25 heavy (non-hydrogen) atoms. The standard InChI is InChI=1S/C18H12BrNO3S2/c1-10-3-2-4-12(5-10)20-17(21)16(25-18(20)24)7-11-6-14-15(8-13(11)19)23-9-22-14/h2-8H,9H2,1H3/b16-7-. The second-order valence-corrected chi connectivity index (χ2v) is 8.11. The highest BCUT2D eigenvalue weighted by Crippen LogP contribution is 2.40. The Hall–Kier alpha value is -1.83. The van der Waals surface area contributed by atoms with Gasteiger partial charge in [-0.3, -0.25) is 9.69 Å². The Bertz CT molecular complexity index is 942. The highest BCUT2D eigenvalue weighted by molar-refractivity contribution is 9.10. The summed E-state index contributed by atoms with van der Waals surface area (Å²) in [5.74, 6) is 1.24. The molecule has 0 saturated carbocycles. The number of thioether (sulfide) groups is 1. The van der Waals surface area contributed by atoms with Crippen LogP contribution >= 0.6 is 39.9 Å². The molecular weight excluding hydrogens is 422 g/mol. The Morgan fingerprint density at radius 1 is 1.24 bits per heavy atom. The van der Waals surface area contributed by atoms with Gasteiger partial charge in [0.1, 0.15) is 0 Å². The quantitative estimate of drug-likeness (QED) is 0.497. The Morgan fingerprint density at radius 3 is 2.76 bits per heavy atom. The fourth-order valence-electron chi connectivity index (χ4n) is 2.64. The SMILES string of the molecule is Cc1cccc(N2C(=O)/C(=C/c3cc4c(cc3Br)OCO4)SC2=S)c1. The number of halogens is 1. The number of ether oxygens (including phenoxy) is 2. The number of fused-ring (bicyclic) bond motifs is 1. The number of amides is 1. The predicted molar refractivity (Wildman–Crippen MR) is 107 cm³/mol. The molecule has 2 heterocycles. The van der Waals surface area contributed by atoms with Crippen LogP contribution in [0.25, 0.3) is 6.08 Å². The van der Waals surface area contributed by atoms with Gasteiger partial charge in [0.05, 0.1) is 10.6 Å². The van der Waals surface area contributed by atoms with Crippen LogP contribution in [0, 0.1) is 6.92 Å². The van der Waals surface area contributed by atoms with Crippen LogP contribution in [-0.4, -0.2) is 17.0 Å². The van der Waals surface area contributed by atoms with Crippen LogP contribution in [0.4, 0.5) is 5.69 Å². The molecule has 2 aromatic carbocycles. The smallest absolute Gasteiger partial charge is 0.270 e. The van der Waals surface area contributed by atoms with Crippen molar-refractivity contribution in [3.8, 4) is 11.5 Å². The van der Waals surface area contributed by atoms with Crippen molar-refractivity contribution in [1.82, 2.24) is 0 Å². The second kappa shape index (κ2) is 6.48. The zero-order valence-corrected chi connectivity index (χ0v) is 16.3. The number of benzene rings is 2. The summed E-state index contributed by atoms with van der Waals surface area (Å²) in [6.45, 7) is 2.20. The van der Waals surface area contributed by atoms with Crippen molar-refractivity contribution < 1.29 is 14.3 Å². The summed E-state index contributed by atoms with van der Waals surface area (Å²) in [5, 5.41) is 0. The predicted octanol–water partition coefficient (Wildman–Crippen LogP) is 4.89. The second-order valence-electron chi connectivity index (χ2n) is 5.58. The van der Waals surface area contributed by atoms with Gasteiger partial charge in [-0.05, 0) is 48.4 Å². The van der Waals surface area contributed by atoms with E-state index in [2.05, 4.69) is 15.9 Å². The zero-order chi connectivity index (χ0) is 17.6. The minimum Gasteiger partial charge on any atom is -0.454 e. The fraction of sp³-hybridized carbons (Fsp3) is 0.111. The molecule has 0 radical (unpaired) electrons. The van der Waals surface area contributed by atoms with E-state index in [1.807, 2.05) is 49.4 Å². The van der Waals surface area contributed by atoms with Crippen LogP contribution < -0.4 is 14.4 Å². The number of nitrogens with zero attached hydrogens (tertiary/aromatic N) is 1. The van der Waals surface area contributed by atoms with Crippen molar-refractivity contribution in [3.05, 3.63) is 56.9 Å². The Kier molecular flexibility index (Phi) is 4.31. The first-order chi connectivity index (χ1) is 12.0. The maximum absolute atomic E-state index is 12.9. The third-order valence-electron chi connectivity index (χ3n) is 3.83. The van der Waals surface area contributed by atoms with E-state index < -0.39 is 0 Å². The normalized spacial score (nSPS) is 17.7. The fourth-order valence-corrected chi connectivity index (χ4v) is 4.37. The lowest BCUT2D eigenvalue weighted by Crippen LogP contribution is -2.27. The van der Waals surface area contributed by atoms with Gasteiger partial charge in [0.15, 0.2) is 15.8 Å². The van der Waals surface area contributed by atoms with Gasteiger partial charge in [-0.25, -0.2) is 0 Å². The van der Waals surface area contributed by atoms with Gasteiger partial charge in [0, 0.05) is 4.47 Å². The molecule has 0 bridgehead atoms. The van der Waals surface area contributed by atoms with Crippen molar-refractivity contribution in [2.45, 2.75) is 6.92 Å². The minimum atomic E-state index is -0.120. The molecule has 0 unspecified atom stereocenters. The molecule has 0 aliphatic carbocycles. The molecule has 0 aromatic heterocycles. The molecule has 4 nitrogen and oxygen atoms in total. The van der Waals surface area contributed by atoms with Gasteiger partial charge >= 0.3 is 0 Å². The van der Waals surface area contributed by atoms with E-state index in [9.17, 15) is 4.79 Å². The van der Waals surface area contributed by atoms with Crippen LogP contribution in [0.2, 0.25) is 0 Å². The first-order valence-electron chi connectivity index (χ1n) is 7.47. The lowest BCUT2D eigenvalue weighted by molar-refractivity contribution is -0.113. The molecule has 1 fully saturated rings. The van der Waals surface area contributed by atoms with Crippen LogP contribution in [0.3, 0.4) is 0 Å². The summed E-state index contributed by atoms with van der Waals surface area (Å²) in [5.41, 5.74) is 2.71. The van der Waals surface area contributed by atoms with Gasteiger partial charge in [0.25, 0.3) is 5.91 Å². The van der Waals surface area contributed by atoms with E-state index in [0.29, 0.717) is 20.7 Å². The van der Waals surface area contributed by atoms with E-state index in [-0.39, 0.29) is 12.7 Å². The third-order valence-corrected chi connectivity index (χ3v) is 5.82. The van der Waals surface area contributed by atoms with Crippen molar-refractivity contribution in [2.75, 3.05) is 11.7 Å². The lowest BCUT2D eigenvalue weighted by atomic mass is 10.1. The van der Waals surface area contributed by atoms with E-state index in [0.717, 1.165) is 21.3 Å². The van der Waals surface area contributed by atoms with Gasteiger partial charge in [0.2, 0.25) is 6.79 Å². The van der Waals surface area contributed by atoms with E-state index in [1.165, 1.54) is 11.8 Å². The molecule has 126 valence electrons. The highest BCUT2D eigenvalue weighted by Gasteiger charge is 2.33. The average Bonchev–Trinajstić information content (AvgIpc) is 3.12. The number of carbonyl (C=O) groups excluding carboxylic acids is 1. The van der Waals surface area contributed by atoms with Crippen LogP contribution in [0.1, 0.15) is 11.1 Å². The molecule has 2 aliphatic rings. The van der Waals surface area contributed by atoms with Crippen molar-refractivity contribution in [2.24, 2.45) is 0 Å². The summed E-state index contributed by atoms with van der Waals surface area (Å²) in [4.78, 5) is 15.0. The zero-order valence-electron chi connectivity index (χ0n) is 13.1. The van der Waals surface area contributed by atoms with Crippen LogP contribution in [0.15, 0.2) is 45.8 Å². The third kappa shape index (κ3) is 3.07. The topological polar surface area (TPSA) is 38.8 Å². The highest BCUT2D eigenvalue weighted by atomic mass is 79.9. The molecular formula is C18H12BrNO3S2. The van der Waals surface area contributed by atoms with E-state index in [1.54, 1.807) is 4.90 Å².